The van der Waals surface area contributed by atoms with Crippen molar-refractivity contribution >= 4 is 33.6 Å². The van der Waals surface area contributed by atoms with E-state index in [9.17, 15) is 43.5 Å². The lowest BCUT2D eigenvalue weighted by Crippen LogP contribution is -2.30. The van der Waals surface area contributed by atoms with E-state index in [1.165, 1.54) is 64.2 Å². The summed E-state index contributed by atoms with van der Waals surface area (Å²) >= 11 is 0. The molecule has 4 N–H and O–H groups in total. The number of unbranched alkanes of at least 4 members (excludes halogenated alkanes) is 24. The number of phosphoric acid groups is 2. The molecule has 0 rings (SSSR count). The van der Waals surface area contributed by atoms with Crippen LogP contribution in [-0.2, 0) is 55.8 Å². The van der Waals surface area contributed by atoms with E-state index >= 15 is 0 Å². The number of hydrogen-bond acceptors (Lipinski definition) is 14. The van der Waals surface area contributed by atoms with Crippen molar-refractivity contribution in [3.63, 3.8) is 0 Å². The number of carbonyl (C=O) groups is 3. The van der Waals surface area contributed by atoms with Crippen LogP contribution in [0, 0.1) is 0 Å². The van der Waals surface area contributed by atoms with Crippen molar-refractivity contribution in [1.29, 1.82) is 0 Å². The second kappa shape index (κ2) is 78.5. The Bertz CT molecular complexity index is 2590. The lowest BCUT2D eigenvalue weighted by atomic mass is 10.0. The maximum atomic E-state index is 13.0. The second-order valence-electron chi connectivity index (χ2n) is 26.4. The van der Waals surface area contributed by atoms with E-state index < -0.39 is 91.5 Å². The van der Waals surface area contributed by atoms with E-state index in [0.717, 1.165) is 180 Å². The molecular formula is C87H144O16P2. The summed E-state index contributed by atoms with van der Waals surface area (Å²) in [7, 11) is -9.81. The van der Waals surface area contributed by atoms with Gasteiger partial charge < -0.3 is 34.2 Å². The maximum absolute atomic E-state index is 13.0. The predicted octanol–water partition coefficient (Wildman–Crippen LogP) is 24.0. The van der Waals surface area contributed by atoms with Gasteiger partial charge in [-0.25, -0.2) is 9.13 Å². The number of aliphatic hydroxyl groups excluding tert-OH is 2. The molecule has 16 nitrogen and oxygen atoms in total. The first kappa shape index (κ1) is 99.9. The number of ether oxygens (including phenoxy) is 3. The fourth-order valence-electron chi connectivity index (χ4n) is 10.4. The quantitative estimate of drug-likeness (QED) is 0.0146. The normalized spacial score (nSPS) is 14.8. The first-order chi connectivity index (χ1) is 51.2. The van der Waals surface area contributed by atoms with Gasteiger partial charge in [-0.3, -0.25) is 32.5 Å². The molecule has 0 heterocycles. The van der Waals surface area contributed by atoms with Crippen LogP contribution in [0.4, 0.5) is 0 Å². The van der Waals surface area contributed by atoms with Gasteiger partial charge in [0, 0.05) is 19.3 Å². The average molecular weight is 1510 g/mol. The zero-order valence-electron chi connectivity index (χ0n) is 65.3. The molecule has 18 heteroatoms. The van der Waals surface area contributed by atoms with E-state index in [-0.39, 0.29) is 19.3 Å². The van der Waals surface area contributed by atoms with Gasteiger partial charge in [-0.05, 0) is 148 Å². The summed E-state index contributed by atoms with van der Waals surface area (Å²) in [5.41, 5.74) is 0. The predicted molar refractivity (Wildman–Crippen MR) is 435 cm³/mol. The largest absolute Gasteiger partial charge is 0.472 e. The number of esters is 3. The SMILES string of the molecule is CC/C=C\C/C=C\C/C=C\C/C=C\C/C=C\C/C=C\CCCCCCCCCCCCCCCCC(=O)OCC(O)COP(=O)(O)OCC(O)COP(=O)(O)OCC(COC(=O)CCCCCCC/C=C\C/C=C\C/C=C\C/C=C\C/C=C\CC)OC(=O)CCCCCCC/C=C\C/C=C\C/C=C\CC. The van der Waals surface area contributed by atoms with Gasteiger partial charge in [0.15, 0.2) is 6.10 Å². The zero-order chi connectivity index (χ0) is 76.6. The maximum Gasteiger partial charge on any atom is 0.472 e. The summed E-state index contributed by atoms with van der Waals surface area (Å²) in [5.74, 6) is -1.62. The van der Waals surface area contributed by atoms with Gasteiger partial charge >= 0.3 is 33.6 Å². The van der Waals surface area contributed by atoms with Crippen LogP contribution in [0.15, 0.2) is 170 Å². The third kappa shape index (κ3) is 79.8. The van der Waals surface area contributed by atoms with E-state index in [1.807, 2.05) is 0 Å². The van der Waals surface area contributed by atoms with Crippen molar-refractivity contribution in [2.45, 2.75) is 322 Å². The molecule has 0 aromatic carbocycles. The van der Waals surface area contributed by atoms with Crippen LogP contribution in [0.1, 0.15) is 303 Å². The van der Waals surface area contributed by atoms with Crippen LogP contribution in [0.25, 0.3) is 0 Å². The van der Waals surface area contributed by atoms with Crippen LogP contribution < -0.4 is 0 Å². The van der Waals surface area contributed by atoms with Gasteiger partial charge in [0.05, 0.1) is 26.4 Å². The molecule has 0 amide bonds. The number of phosphoric ester groups is 2. The lowest BCUT2D eigenvalue weighted by Gasteiger charge is -2.21. The molecule has 0 fully saturated rings. The highest BCUT2D eigenvalue weighted by atomic mass is 31.2. The molecule has 598 valence electrons. The van der Waals surface area contributed by atoms with Crippen LogP contribution >= 0.6 is 15.6 Å². The van der Waals surface area contributed by atoms with Crippen LogP contribution in [0.5, 0.6) is 0 Å². The average Bonchev–Trinajstić information content (AvgIpc) is 0.940. The second-order valence-corrected chi connectivity index (χ2v) is 29.3. The Morgan fingerprint density at radius 1 is 0.267 bits per heavy atom. The Hall–Kier alpha value is -5.09. The van der Waals surface area contributed by atoms with E-state index in [0.29, 0.717) is 19.3 Å². The molecule has 0 aromatic rings. The van der Waals surface area contributed by atoms with Gasteiger partial charge in [0.25, 0.3) is 0 Å². The molecule has 0 spiro atoms. The van der Waals surface area contributed by atoms with Crippen molar-refractivity contribution in [3.8, 4) is 0 Å². The van der Waals surface area contributed by atoms with Crippen molar-refractivity contribution in [2.24, 2.45) is 0 Å². The summed E-state index contributed by atoms with van der Waals surface area (Å²) in [6, 6.07) is 0. The molecule has 5 unspecified atom stereocenters. The van der Waals surface area contributed by atoms with Gasteiger partial charge in [-0.15, -0.1) is 0 Å². The number of allylic oxidation sites excluding steroid dienone is 28. The Kier molecular flexibility index (Phi) is 74.7. The van der Waals surface area contributed by atoms with Crippen molar-refractivity contribution in [1.82, 2.24) is 0 Å². The monoisotopic (exact) mass is 1510 g/mol. The molecule has 0 saturated heterocycles. The standard InChI is InChI=1S/C87H144O16P2/c1-4-7-10-13-16-19-22-25-28-30-32-34-35-36-37-38-39-40-41-42-43-44-45-47-49-50-53-55-58-61-64-67-70-73-85(90)97-76-82(88)77-99-104(93,94)100-78-83(89)79-101-105(95,96)102-81-84(103-87(92)75-72-69-66-63-60-57-52-27-24-21-18-15-12-9-6-3)80-98-86(91)74-71-68-65-62-59-56-54-51-48-46-33-31-29-26-23-20-17-14-11-8-5-2/h7-12,16-21,25-29,32-34,36-37,39-40,46,51-52,54,82-84,88-89H,4-6,13-15,22-24,30-31,35,38,41-45,47-50,53,55-81H2,1-3H3,(H,93,94)(H,95,96)/b10-7-,11-8-,12-9-,19-16-,20-17-,21-18-,28-25-,29-26-,34-32-,37-36-,40-39-,46-33-,52-27-,54-51-. The van der Waals surface area contributed by atoms with E-state index in [2.05, 4.69) is 191 Å². The van der Waals surface area contributed by atoms with Crippen molar-refractivity contribution < 1.29 is 75.8 Å². The first-order valence-corrected chi connectivity index (χ1v) is 43.4. The van der Waals surface area contributed by atoms with Gasteiger partial charge in [-0.2, -0.15) is 0 Å². The number of carbonyl (C=O) groups excluding carboxylic acids is 3. The smallest absolute Gasteiger partial charge is 0.463 e. The number of aliphatic hydroxyl groups is 2. The molecule has 0 aromatic heterocycles. The Labute approximate surface area is 637 Å². The van der Waals surface area contributed by atoms with Gasteiger partial charge in [0.1, 0.15) is 25.4 Å². The van der Waals surface area contributed by atoms with Gasteiger partial charge in [-0.1, -0.05) is 306 Å². The Morgan fingerprint density at radius 3 is 0.752 bits per heavy atom. The molecule has 0 aliphatic carbocycles. The minimum Gasteiger partial charge on any atom is -0.463 e. The molecule has 5 atom stereocenters. The Morgan fingerprint density at radius 2 is 0.476 bits per heavy atom. The summed E-state index contributed by atoms with van der Waals surface area (Å²) < 4.78 is 61.1. The highest BCUT2D eigenvalue weighted by Crippen LogP contribution is 2.45. The van der Waals surface area contributed by atoms with Crippen LogP contribution in [0.3, 0.4) is 0 Å². The number of rotatable bonds is 75. The Balaban J connectivity index is 4.50. The molecule has 105 heavy (non-hydrogen) atoms. The third-order valence-electron chi connectivity index (χ3n) is 16.4. The molecular weight excluding hydrogens is 1360 g/mol. The third-order valence-corrected chi connectivity index (χ3v) is 18.3. The minimum atomic E-state index is -4.95. The van der Waals surface area contributed by atoms with Crippen LogP contribution in [-0.4, -0.2) is 95.9 Å². The lowest BCUT2D eigenvalue weighted by molar-refractivity contribution is -0.161. The fourth-order valence-corrected chi connectivity index (χ4v) is 12.0. The molecule has 0 radical (unpaired) electrons. The van der Waals surface area contributed by atoms with Crippen LogP contribution in [0.2, 0.25) is 0 Å². The molecule has 0 saturated carbocycles. The summed E-state index contributed by atoms with van der Waals surface area (Å²) in [5, 5.41) is 20.7. The van der Waals surface area contributed by atoms with E-state index in [1.54, 1.807) is 0 Å². The van der Waals surface area contributed by atoms with Crippen molar-refractivity contribution in [2.75, 3.05) is 39.6 Å². The summed E-state index contributed by atoms with van der Waals surface area (Å²) in [6.45, 7) is 2.29. The highest BCUT2D eigenvalue weighted by Gasteiger charge is 2.29. The topological polar surface area (TPSA) is 231 Å². The molecule has 0 aliphatic heterocycles. The van der Waals surface area contributed by atoms with Gasteiger partial charge in [0.2, 0.25) is 0 Å². The number of hydrogen-bond donors (Lipinski definition) is 4. The summed E-state index contributed by atoms with van der Waals surface area (Å²) in [4.78, 5) is 58.7. The first-order valence-electron chi connectivity index (χ1n) is 40.4. The fraction of sp³-hybridized carbons (Fsp3) is 0.644. The molecule has 0 aliphatic rings. The van der Waals surface area contributed by atoms with E-state index in [4.69, 9.17) is 32.3 Å². The zero-order valence-corrected chi connectivity index (χ0v) is 67.1. The molecule has 0 bridgehead atoms. The minimum absolute atomic E-state index is 0.0755. The highest BCUT2D eigenvalue weighted by molar-refractivity contribution is 7.47. The van der Waals surface area contributed by atoms with Crippen molar-refractivity contribution in [3.05, 3.63) is 170 Å². The summed E-state index contributed by atoms with van der Waals surface area (Å²) in [6.07, 6.45) is 99.8.